The fourth-order valence-corrected chi connectivity index (χ4v) is 3.62. The first-order valence-electron chi connectivity index (χ1n) is 6.29. The van der Waals surface area contributed by atoms with E-state index in [1.807, 2.05) is 4.90 Å². The Balaban J connectivity index is 1.71. The molecule has 0 unspecified atom stereocenters. The minimum Gasteiger partial charge on any atom is -0.334 e. The summed E-state index contributed by atoms with van der Waals surface area (Å²) in [4.78, 5) is 19.7. The van der Waals surface area contributed by atoms with Crippen molar-refractivity contribution in [3.05, 3.63) is 15.6 Å². The van der Waals surface area contributed by atoms with Crippen molar-refractivity contribution in [2.24, 2.45) is 0 Å². The van der Waals surface area contributed by atoms with E-state index in [1.54, 1.807) is 11.3 Å². The van der Waals surface area contributed by atoms with E-state index >= 15 is 0 Å². The standard InChI is InChI=1S/C12H17N3OS/c16-12-7-13-5-6-15(12)8-11-14-9-3-1-2-4-10(9)17-11/h13H,1-8H2. The predicted molar refractivity (Wildman–Crippen MR) is 67.0 cm³/mol. The van der Waals surface area contributed by atoms with Gasteiger partial charge in [0.25, 0.3) is 0 Å². The quantitative estimate of drug-likeness (QED) is 0.851. The van der Waals surface area contributed by atoms with Crippen LogP contribution in [0.2, 0.25) is 0 Å². The number of nitrogens with one attached hydrogen (secondary N) is 1. The van der Waals surface area contributed by atoms with E-state index in [1.165, 1.54) is 29.8 Å². The molecule has 0 radical (unpaired) electrons. The smallest absolute Gasteiger partial charge is 0.236 e. The second kappa shape index (κ2) is 4.74. The minimum atomic E-state index is 0.199. The summed E-state index contributed by atoms with van der Waals surface area (Å²) in [7, 11) is 0. The van der Waals surface area contributed by atoms with Gasteiger partial charge >= 0.3 is 0 Å². The lowest BCUT2D eigenvalue weighted by molar-refractivity contribution is -0.132. The molecule has 1 aromatic heterocycles. The van der Waals surface area contributed by atoms with E-state index in [-0.39, 0.29) is 5.91 Å². The average molecular weight is 251 g/mol. The molecule has 2 heterocycles. The Morgan fingerprint density at radius 2 is 2.24 bits per heavy atom. The molecule has 1 aromatic rings. The van der Waals surface area contributed by atoms with Gasteiger partial charge in [0, 0.05) is 18.0 Å². The normalized spacial score (nSPS) is 20.5. The van der Waals surface area contributed by atoms with Crippen LogP contribution in [-0.2, 0) is 24.2 Å². The topological polar surface area (TPSA) is 45.2 Å². The number of aromatic nitrogens is 1. The van der Waals surface area contributed by atoms with Crippen molar-refractivity contribution in [1.82, 2.24) is 15.2 Å². The Hall–Kier alpha value is -0.940. The zero-order chi connectivity index (χ0) is 11.7. The molecule has 1 amide bonds. The lowest BCUT2D eigenvalue weighted by Crippen LogP contribution is -2.47. The highest BCUT2D eigenvalue weighted by Gasteiger charge is 2.21. The van der Waals surface area contributed by atoms with Crippen LogP contribution >= 0.6 is 11.3 Å². The van der Waals surface area contributed by atoms with Crippen LogP contribution in [0, 0.1) is 0 Å². The van der Waals surface area contributed by atoms with Crippen molar-refractivity contribution in [3.8, 4) is 0 Å². The molecule has 5 heteroatoms. The zero-order valence-corrected chi connectivity index (χ0v) is 10.7. The average Bonchev–Trinajstić information content (AvgIpc) is 2.74. The van der Waals surface area contributed by atoms with Crippen LogP contribution in [0.4, 0.5) is 0 Å². The van der Waals surface area contributed by atoms with Crippen LogP contribution in [0.1, 0.15) is 28.4 Å². The third kappa shape index (κ3) is 2.35. The van der Waals surface area contributed by atoms with Gasteiger partial charge in [0.15, 0.2) is 0 Å². The molecule has 1 aliphatic heterocycles. The molecule has 0 saturated carbocycles. The first-order valence-corrected chi connectivity index (χ1v) is 7.10. The molecule has 0 atom stereocenters. The summed E-state index contributed by atoms with van der Waals surface area (Å²) in [5.74, 6) is 0.199. The van der Waals surface area contributed by atoms with Crippen LogP contribution < -0.4 is 5.32 Å². The highest BCUT2D eigenvalue weighted by Crippen LogP contribution is 2.27. The molecule has 92 valence electrons. The van der Waals surface area contributed by atoms with Gasteiger partial charge in [0.2, 0.25) is 5.91 Å². The monoisotopic (exact) mass is 251 g/mol. The van der Waals surface area contributed by atoms with Crippen molar-refractivity contribution in [2.75, 3.05) is 19.6 Å². The second-order valence-corrected chi connectivity index (χ2v) is 5.84. The number of carbonyl (C=O) groups excluding carboxylic acids is 1. The maximum Gasteiger partial charge on any atom is 0.236 e. The number of nitrogens with zero attached hydrogens (tertiary/aromatic N) is 2. The fourth-order valence-electron chi connectivity index (χ4n) is 2.45. The number of hydrogen-bond acceptors (Lipinski definition) is 4. The Morgan fingerprint density at radius 3 is 3.06 bits per heavy atom. The van der Waals surface area contributed by atoms with Crippen molar-refractivity contribution < 1.29 is 4.79 Å². The summed E-state index contributed by atoms with van der Waals surface area (Å²) < 4.78 is 0. The molecule has 0 spiro atoms. The molecule has 1 saturated heterocycles. The molecule has 4 nitrogen and oxygen atoms in total. The minimum absolute atomic E-state index is 0.199. The van der Waals surface area contributed by atoms with Crippen molar-refractivity contribution in [3.63, 3.8) is 0 Å². The molecule has 1 N–H and O–H groups in total. The maximum absolute atomic E-state index is 11.7. The van der Waals surface area contributed by atoms with Crippen molar-refractivity contribution in [2.45, 2.75) is 32.2 Å². The second-order valence-electron chi connectivity index (χ2n) is 4.68. The summed E-state index contributed by atoms with van der Waals surface area (Å²) in [6, 6.07) is 0. The maximum atomic E-state index is 11.7. The SMILES string of the molecule is O=C1CNCCN1Cc1nc2c(s1)CCCC2. The van der Waals surface area contributed by atoms with Gasteiger partial charge in [-0.05, 0) is 25.7 Å². The summed E-state index contributed by atoms with van der Waals surface area (Å²) in [5.41, 5.74) is 1.29. The number of carbonyl (C=O) groups is 1. The van der Waals surface area contributed by atoms with Crippen LogP contribution in [-0.4, -0.2) is 35.4 Å². The number of amides is 1. The summed E-state index contributed by atoms with van der Waals surface area (Å²) in [5, 5.41) is 4.21. The van der Waals surface area contributed by atoms with Crippen molar-refractivity contribution in [1.29, 1.82) is 0 Å². The Labute approximate surface area is 105 Å². The van der Waals surface area contributed by atoms with Crippen LogP contribution in [0.15, 0.2) is 0 Å². The Kier molecular flexibility index (Phi) is 3.11. The van der Waals surface area contributed by atoms with Gasteiger partial charge in [-0.15, -0.1) is 11.3 Å². The van der Waals surface area contributed by atoms with Gasteiger partial charge in [0.05, 0.1) is 18.8 Å². The van der Waals surface area contributed by atoms with Gasteiger partial charge in [-0.25, -0.2) is 4.98 Å². The third-order valence-corrected chi connectivity index (χ3v) is 4.55. The first kappa shape index (κ1) is 11.2. The van der Waals surface area contributed by atoms with Gasteiger partial charge in [-0.3, -0.25) is 4.79 Å². The van der Waals surface area contributed by atoms with Gasteiger partial charge in [0.1, 0.15) is 5.01 Å². The molecule has 0 aromatic carbocycles. The zero-order valence-electron chi connectivity index (χ0n) is 9.87. The van der Waals surface area contributed by atoms with Gasteiger partial charge in [-0.1, -0.05) is 0 Å². The van der Waals surface area contributed by atoms with Crippen LogP contribution in [0.5, 0.6) is 0 Å². The highest BCUT2D eigenvalue weighted by molar-refractivity contribution is 7.11. The summed E-state index contributed by atoms with van der Waals surface area (Å²) >= 11 is 1.81. The van der Waals surface area contributed by atoms with Gasteiger partial charge in [-0.2, -0.15) is 0 Å². The van der Waals surface area contributed by atoms with E-state index in [0.717, 1.165) is 24.5 Å². The van der Waals surface area contributed by atoms with Crippen LogP contribution in [0.25, 0.3) is 0 Å². The van der Waals surface area contributed by atoms with E-state index < -0.39 is 0 Å². The van der Waals surface area contributed by atoms with Crippen molar-refractivity contribution >= 4 is 17.2 Å². The number of fused-ring (bicyclic) bond motifs is 1. The molecular weight excluding hydrogens is 234 g/mol. The number of hydrogen-bond donors (Lipinski definition) is 1. The molecule has 1 fully saturated rings. The molecule has 2 aliphatic rings. The molecule has 0 bridgehead atoms. The molecule has 17 heavy (non-hydrogen) atoms. The molecule has 1 aliphatic carbocycles. The lowest BCUT2D eigenvalue weighted by atomic mass is 10.0. The fraction of sp³-hybridized carbons (Fsp3) is 0.667. The number of thiazole rings is 1. The Morgan fingerprint density at radius 1 is 1.35 bits per heavy atom. The molecular formula is C12H17N3OS. The van der Waals surface area contributed by atoms with Gasteiger partial charge < -0.3 is 10.2 Å². The van der Waals surface area contributed by atoms with E-state index in [0.29, 0.717) is 13.1 Å². The third-order valence-electron chi connectivity index (χ3n) is 3.40. The summed E-state index contributed by atoms with van der Waals surface area (Å²) in [6.45, 7) is 2.89. The largest absolute Gasteiger partial charge is 0.334 e. The lowest BCUT2D eigenvalue weighted by Gasteiger charge is -2.26. The van der Waals surface area contributed by atoms with Crippen LogP contribution in [0.3, 0.4) is 0 Å². The number of rotatable bonds is 2. The summed E-state index contributed by atoms with van der Waals surface area (Å²) in [6.07, 6.45) is 4.87. The number of aryl methyl sites for hydroxylation is 2. The van der Waals surface area contributed by atoms with E-state index in [9.17, 15) is 4.79 Å². The predicted octanol–water partition coefficient (Wildman–Crippen LogP) is 0.954. The first-order chi connectivity index (χ1) is 8.33. The highest BCUT2D eigenvalue weighted by atomic mass is 32.1. The molecule has 3 rings (SSSR count). The van der Waals surface area contributed by atoms with E-state index in [2.05, 4.69) is 10.3 Å². The Bertz CT molecular complexity index is 406. The number of piperazine rings is 1. The van der Waals surface area contributed by atoms with E-state index in [4.69, 9.17) is 0 Å².